The van der Waals surface area contributed by atoms with Gasteiger partial charge in [-0.2, -0.15) is 0 Å². The summed E-state index contributed by atoms with van der Waals surface area (Å²) in [6, 6.07) is -0.196. The molecule has 2 aliphatic heterocycles. The van der Waals surface area contributed by atoms with Crippen molar-refractivity contribution in [3.05, 3.63) is 0 Å². The maximum atomic E-state index is 13.2. The zero-order chi connectivity index (χ0) is 23.9. The van der Waals surface area contributed by atoms with Crippen molar-refractivity contribution in [2.45, 2.75) is 109 Å². The van der Waals surface area contributed by atoms with Gasteiger partial charge in [0.15, 0.2) is 17.6 Å². The van der Waals surface area contributed by atoms with Crippen LogP contribution in [-0.4, -0.2) is 49.4 Å². The highest BCUT2D eigenvalue weighted by Gasteiger charge is 2.53. The third kappa shape index (κ3) is 9.39. The van der Waals surface area contributed by atoms with Gasteiger partial charge in [-0.1, -0.05) is 64.7 Å². The highest BCUT2D eigenvalue weighted by Crippen LogP contribution is 2.38. The maximum Gasteiger partial charge on any atom is 0.316 e. The van der Waals surface area contributed by atoms with Crippen LogP contribution >= 0.6 is 0 Å². The number of ether oxygens (including phenoxy) is 2. The van der Waals surface area contributed by atoms with Crippen LogP contribution in [0.4, 0.5) is 0 Å². The summed E-state index contributed by atoms with van der Waals surface area (Å²) in [6.45, 7) is 3.92. The van der Waals surface area contributed by atoms with Crippen LogP contribution in [-0.2, 0) is 14.3 Å². The van der Waals surface area contributed by atoms with E-state index in [4.69, 9.17) is 26.7 Å². The summed E-state index contributed by atoms with van der Waals surface area (Å²) in [5, 5.41) is 3.19. The summed E-state index contributed by atoms with van der Waals surface area (Å²) in [5.74, 6) is -0.159. The molecule has 33 heavy (non-hydrogen) atoms. The number of guanidine groups is 2. The molecule has 0 amide bonds. The van der Waals surface area contributed by atoms with Gasteiger partial charge in [0.1, 0.15) is 5.92 Å². The first kappa shape index (κ1) is 27.2. The third-order valence-corrected chi connectivity index (χ3v) is 6.53. The fourth-order valence-electron chi connectivity index (χ4n) is 4.82. The van der Waals surface area contributed by atoms with Crippen molar-refractivity contribution in [3.8, 4) is 0 Å². The molecule has 0 aromatic rings. The summed E-state index contributed by atoms with van der Waals surface area (Å²) >= 11 is 0. The standard InChI is InChI=1S/C24H46N6O3/c1-2-3-4-5-7-10-14-19-20(24(15-13-18-33-24)30-23(27)29-19)21(31)32-17-12-9-6-8-11-16-28-22(25)26/h19-20H,2-18H2,1H3,(H4,25,26,28)(H3,27,29,30). The van der Waals surface area contributed by atoms with Crippen molar-refractivity contribution in [1.29, 1.82) is 0 Å². The topological polar surface area (TPSA) is 150 Å². The van der Waals surface area contributed by atoms with Gasteiger partial charge in [-0.25, -0.2) is 4.99 Å². The van der Waals surface area contributed by atoms with E-state index in [1.165, 1.54) is 25.7 Å². The van der Waals surface area contributed by atoms with Crippen LogP contribution in [0, 0.1) is 5.92 Å². The van der Waals surface area contributed by atoms with Gasteiger partial charge in [-0.05, 0) is 32.1 Å². The van der Waals surface area contributed by atoms with Crippen LogP contribution < -0.4 is 22.5 Å². The number of aliphatic imine (C=N–C) groups is 2. The molecule has 0 bridgehead atoms. The van der Waals surface area contributed by atoms with Crippen LogP contribution in [0.15, 0.2) is 9.98 Å². The molecule has 0 aromatic carbocycles. The average Bonchev–Trinajstić information content (AvgIpc) is 3.22. The number of hydrogen-bond acceptors (Lipinski definition) is 7. The predicted octanol–water partition coefficient (Wildman–Crippen LogP) is 2.91. The zero-order valence-electron chi connectivity index (χ0n) is 20.5. The Hall–Kier alpha value is -2.03. The van der Waals surface area contributed by atoms with Crippen molar-refractivity contribution in [1.82, 2.24) is 5.32 Å². The van der Waals surface area contributed by atoms with Crippen molar-refractivity contribution in [3.63, 3.8) is 0 Å². The van der Waals surface area contributed by atoms with Gasteiger partial charge in [-0.3, -0.25) is 9.79 Å². The fourth-order valence-corrected chi connectivity index (χ4v) is 4.82. The second kappa shape index (κ2) is 15.0. The van der Waals surface area contributed by atoms with Gasteiger partial charge in [0.05, 0.1) is 12.6 Å². The molecule has 1 saturated heterocycles. The summed E-state index contributed by atoms with van der Waals surface area (Å²) in [7, 11) is 0. The lowest BCUT2D eigenvalue weighted by molar-refractivity contribution is -0.165. The molecule has 9 heteroatoms. The molecule has 2 aliphatic rings. The molecule has 2 rings (SSSR count). The molecule has 1 spiro atoms. The van der Waals surface area contributed by atoms with E-state index in [0.29, 0.717) is 25.7 Å². The molecule has 3 atom stereocenters. The van der Waals surface area contributed by atoms with Gasteiger partial charge in [0.25, 0.3) is 0 Å². The molecule has 0 aromatic heterocycles. The molecular weight excluding hydrogens is 420 g/mol. The SMILES string of the molecule is CCCCCCCCC1N=C(N)NC2(CCCO2)C1C(=O)OCCCCCCCN=C(N)N. The highest BCUT2D eigenvalue weighted by molar-refractivity contribution is 5.84. The van der Waals surface area contributed by atoms with E-state index in [1.54, 1.807) is 0 Å². The van der Waals surface area contributed by atoms with Gasteiger partial charge >= 0.3 is 5.97 Å². The number of carbonyl (C=O) groups excluding carboxylic acids is 1. The van der Waals surface area contributed by atoms with Crippen molar-refractivity contribution >= 4 is 17.9 Å². The number of rotatable bonds is 16. The predicted molar refractivity (Wildman–Crippen MR) is 133 cm³/mol. The molecule has 1 fully saturated rings. The molecule has 3 unspecified atom stereocenters. The molecule has 0 saturated carbocycles. The first-order valence-electron chi connectivity index (χ1n) is 13.0. The Morgan fingerprint density at radius 2 is 1.82 bits per heavy atom. The second-order valence-electron chi connectivity index (χ2n) is 9.32. The largest absolute Gasteiger partial charge is 0.465 e. The van der Waals surface area contributed by atoms with E-state index in [0.717, 1.165) is 64.2 Å². The Balaban J connectivity index is 1.81. The third-order valence-electron chi connectivity index (χ3n) is 6.53. The van der Waals surface area contributed by atoms with Crippen LogP contribution in [0.5, 0.6) is 0 Å². The Kier molecular flexibility index (Phi) is 12.4. The monoisotopic (exact) mass is 466 g/mol. The molecule has 9 nitrogen and oxygen atoms in total. The number of unbranched alkanes of at least 4 members (excludes halogenated alkanes) is 9. The smallest absolute Gasteiger partial charge is 0.316 e. The van der Waals surface area contributed by atoms with Crippen molar-refractivity contribution < 1.29 is 14.3 Å². The highest BCUT2D eigenvalue weighted by atomic mass is 16.5. The lowest BCUT2D eigenvalue weighted by Crippen LogP contribution is -2.64. The number of hydrogen-bond donors (Lipinski definition) is 4. The van der Waals surface area contributed by atoms with Crippen LogP contribution in [0.25, 0.3) is 0 Å². The van der Waals surface area contributed by atoms with E-state index >= 15 is 0 Å². The molecular formula is C24H46N6O3. The van der Waals surface area contributed by atoms with Crippen molar-refractivity contribution in [2.24, 2.45) is 33.1 Å². The van der Waals surface area contributed by atoms with E-state index in [-0.39, 0.29) is 18.0 Å². The fraction of sp³-hybridized carbons (Fsp3) is 0.875. The quantitative estimate of drug-likeness (QED) is 0.118. The molecule has 2 heterocycles. The molecule has 190 valence electrons. The average molecular weight is 467 g/mol. The van der Waals surface area contributed by atoms with Gasteiger partial charge < -0.3 is 32.0 Å². The van der Waals surface area contributed by atoms with Crippen LogP contribution in [0.1, 0.15) is 96.8 Å². The number of carbonyl (C=O) groups is 1. The van der Waals surface area contributed by atoms with Gasteiger partial charge in [0.2, 0.25) is 0 Å². The van der Waals surface area contributed by atoms with Gasteiger partial charge in [-0.15, -0.1) is 0 Å². The van der Waals surface area contributed by atoms with Crippen LogP contribution in [0.2, 0.25) is 0 Å². The maximum absolute atomic E-state index is 13.2. The van der Waals surface area contributed by atoms with Crippen molar-refractivity contribution in [2.75, 3.05) is 19.8 Å². The Labute approximate surface area is 199 Å². The lowest BCUT2D eigenvalue weighted by Gasteiger charge is -2.42. The molecule has 7 N–H and O–H groups in total. The van der Waals surface area contributed by atoms with Crippen LogP contribution in [0.3, 0.4) is 0 Å². The number of nitrogens with zero attached hydrogens (tertiary/aromatic N) is 2. The van der Waals surface area contributed by atoms with E-state index in [1.807, 2.05) is 0 Å². The first-order chi connectivity index (χ1) is 16.0. The minimum atomic E-state index is -0.777. The Morgan fingerprint density at radius 3 is 2.52 bits per heavy atom. The normalized spacial score (nSPS) is 24.3. The lowest BCUT2D eigenvalue weighted by atomic mass is 9.82. The summed E-state index contributed by atoms with van der Waals surface area (Å²) in [4.78, 5) is 21.8. The number of esters is 1. The summed E-state index contributed by atoms with van der Waals surface area (Å²) < 4.78 is 11.8. The zero-order valence-corrected chi connectivity index (χ0v) is 20.5. The molecule has 0 aliphatic carbocycles. The Morgan fingerprint density at radius 1 is 1.12 bits per heavy atom. The van der Waals surface area contributed by atoms with E-state index in [2.05, 4.69) is 22.2 Å². The number of nitrogens with two attached hydrogens (primary N) is 3. The minimum absolute atomic E-state index is 0.143. The second-order valence-corrected chi connectivity index (χ2v) is 9.32. The first-order valence-corrected chi connectivity index (χ1v) is 13.0. The van der Waals surface area contributed by atoms with Gasteiger partial charge in [0, 0.05) is 13.2 Å². The minimum Gasteiger partial charge on any atom is -0.465 e. The molecule has 0 radical (unpaired) electrons. The Bertz CT molecular complexity index is 630. The number of nitrogens with one attached hydrogen (secondary N) is 1. The van der Waals surface area contributed by atoms with E-state index < -0.39 is 11.6 Å². The van der Waals surface area contributed by atoms with E-state index in [9.17, 15) is 4.79 Å². The summed E-state index contributed by atoms with van der Waals surface area (Å²) in [6.07, 6.45) is 14.6. The summed E-state index contributed by atoms with van der Waals surface area (Å²) in [5.41, 5.74) is 16.0.